The van der Waals surface area contributed by atoms with Gasteiger partial charge in [0.2, 0.25) is 0 Å². The zero-order chi connectivity index (χ0) is 15.2. The van der Waals surface area contributed by atoms with Gasteiger partial charge in [-0.15, -0.1) is 0 Å². The summed E-state index contributed by atoms with van der Waals surface area (Å²) in [6.45, 7) is -0.354. The van der Waals surface area contributed by atoms with Gasteiger partial charge in [0.1, 0.15) is 11.5 Å². The van der Waals surface area contributed by atoms with E-state index >= 15 is 0 Å². The van der Waals surface area contributed by atoms with Crippen LogP contribution in [-0.2, 0) is 6.54 Å². The second-order valence-corrected chi connectivity index (χ2v) is 4.58. The molecule has 0 spiro atoms. The molecule has 2 aromatic carbocycles. The molecule has 2 rings (SSSR count). The minimum atomic E-state index is -2.86. The lowest BCUT2D eigenvalue weighted by molar-refractivity contribution is -0.0493. The predicted octanol–water partition coefficient (Wildman–Crippen LogP) is 4.22. The van der Waals surface area contributed by atoms with Crippen molar-refractivity contribution in [3.05, 3.63) is 53.6 Å². The minimum Gasteiger partial charge on any atom is -0.497 e. The zero-order valence-corrected chi connectivity index (χ0v) is 11.9. The number of aryl methyl sites for hydroxylation is 1. The molecule has 0 amide bonds. The van der Waals surface area contributed by atoms with Crippen molar-refractivity contribution >= 4 is 5.69 Å². The maximum Gasteiger partial charge on any atom is 0.387 e. The van der Waals surface area contributed by atoms with Crippen molar-refractivity contribution in [2.75, 3.05) is 12.4 Å². The Morgan fingerprint density at radius 2 is 1.95 bits per heavy atom. The van der Waals surface area contributed by atoms with Crippen LogP contribution in [0, 0.1) is 6.92 Å². The van der Waals surface area contributed by atoms with Gasteiger partial charge < -0.3 is 14.8 Å². The number of hydrogen-bond donors (Lipinski definition) is 1. The summed E-state index contributed by atoms with van der Waals surface area (Å²) in [6, 6.07) is 12.6. The van der Waals surface area contributed by atoms with Crippen LogP contribution in [0.4, 0.5) is 14.5 Å². The standard InChI is InChI=1S/C16H17F2NO2/c1-11-4-3-5-12(8-11)10-19-14-9-13(20-2)6-7-15(14)21-16(17)18/h3-9,16,19H,10H2,1-2H3. The average molecular weight is 293 g/mol. The van der Waals surface area contributed by atoms with E-state index in [-0.39, 0.29) is 5.75 Å². The SMILES string of the molecule is COc1ccc(OC(F)F)c(NCc2cccc(C)c2)c1. The van der Waals surface area contributed by atoms with Crippen molar-refractivity contribution < 1.29 is 18.3 Å². The maximum absolute atomic E-state index is 12.4. The number of rotatable bonds is 6. The van der Waals surface area contributed by atoms with Gasteiger partial charge in [0.15, 0.2) is 0 Å². The normalized spacial score (nSPS) is 10.5. The van der Waals surface area contributed by atoms with Crippen LogP contribution < -0.4 is 14.8 Å². The molecule has 0 saturated carbocycles. The molecule has 2 aromatic rings. The Bertz CT molecular complexity index is 603. The molecular formula is C16H17F2NO2. The first-order valence-corrected chi connectivity index (χ1v) is 6.51. The smallest absolute Gasteiger partial charge is 0.387 e. The Morgan fingerprint density at radius 1 is 1.14 bits per heavy atom. The second kappa shape index (κ2) is 6.92. The van der Waals surface area contributed by atoms with Crippen LogP contribution in [0.5, 0.6) is 11.5 Å². The third-order valence-electron chi connectivity index (χ3n) is 2.97. The Kier molecular flexibility index (Phi) is 4.98. The highest BCUT2D eigenvalue weighted by Gasteiger charge is 2.10. The summed E-state index contributed by atoms with van der Waals surface area (Å²) in [7, 11) is 1.52. The first-order valence-electron chi connectivity index (χ1n) is 6.51. The summed E-state index contributed by atoms with van der Waals surface area (Å²) in [6.07, 6.45) is 0. The van der Waals surface area contributed by atoms with Crippen molar-refractivity contribution in [1.29, 1.82) is 0 Å². The molecule has 0 aliphatic rings. The van der Waals surface area contributed by atoms with E-state index in [2.05, 4.69) is 10.1 Å². The summed E-state index contributed by atoms with van der Waals surface area (Å²) in [5.74, 6) is 0.668. The van der Waals surface area contributed by atoms with Crippen LogP contribution in [0.25, 0.3) is 0 Å². The minimum absolute atomic E-state index is 0.0958. The molecule has 3 nitrogen and oxygen atoms in total. The van der Waals surface area contributed by atoms with Gasteiger partial charge in [-0.1, -0.05) is 29.8 Å². The highest BCUT2D eigenvalue weighted by molar-refractivity contribution is 5.60. The fourth-order valence-corrected chi connectivity index (χ4v) is 1.99. The van der Waals surface area contributed by atoms with Gasteiger partial charge in [-0.3, -0.25) is 0 Å². The van der Waals surface area contributed by atoms with E-state index in [9.17, 15) is 8.78 Å². The molecule has 1 N–H and O–H groups in total. The van der Waals surface area contributed by atoms with E-state index < -0.39 is 6.61 Å². The number of hydrogen-bond acceptors (Lipinski definition) is 3. The van der Waals surface area contributed by atoms with Crippen molar-refractivity contribution in [2.24, 2.45) is 0 Å². The van der Waals surface area contributed by atoms with Gasteiger partial charge in [0.05, 0.1) is 12.8 Å². The summed E-state index contributed by atoms with van der Waals surface area (Å²) < 4.78 is 34.4. The summed E-state index contributed by atoms with van der Waals surface area (Å²) >= 11 is 0. The fraction of sp³-hybridized carbons (Fsp3) is 0.250. The molecule has 112 valence electrons. The number of benzene rings is 2. The van der Waals surface area contributed by atoms with Crippen molar-refractivity contribution in [3.8, 4) is 11.5 Å². The monoisotopic (exact) mass is 293 g/mol. The van der Waals surface area contributed by atoms with E-state index in [0.717, 1.165) is 11.1 Å². The van der Waals surface area contributed by atoms with Gasteiger partial charge in [-0.25, -0.2) is 0 Å². The summed E-state index contributed by atoms with van der Waals surface area (Å²) in [5.41, 5.74) is 2.67. The largest absolute Gasteiger partial charge is 0.497 e. The van der Waals surface area contributed by atoms with Gasteiger partial charge >= 0.3 is 6.61 Å². The lowest BCUT2D eigenvalue weighted by Crippen LogP contribution is -2.07. The molecule has 5 heteroatoms. The maximum atomic E-state index is 12.4. The molecule has 0 bridgehead atoms. The number of alkyl halides is 2. The van der Waals surface area contributed by atoms with Crippen LogP contribution >= 0.6 is 0 Å². The van der Waals surface area contributed by atoms with Crippen molar-refractivity contribution in [1.82, 2.24) is 0 Å². The van der Waals surface area contributed by atoms with Gasteiger partial charge in [0, 0.05) is 12.6 Å². The van der Waals surface area contributed by atoms with Crippen LogP contribution in [0.2, 0.25) is 0 Å². The Balaban J connectivity index is 2.16. The molecular weight excluding hydrogens is 276 g/mol. The first kappa shape index (κ1) is 15.1. The number of halogens is 2. The topological polar surface area (TPSA) is 30.5 Å². The van der Waals surface area contributed by atoms with Gasteiger partial charge in [-0.05, 0) is 24.6 Å². The number of ether oxygens (including phenoxy) is 2. The molecule has 0 aliphatic heterocycles. The molecule has 0 saturated heterocycles. The van der Waals surface area contributed by atoms with Crippen LogP contribution in [0.1, 0.15) is 11.1 Å². The molecule has 0 aromatic heterocycles. The number of methoxy groups -OCH3 is 1. The quantitative estimate of drug-likeness (QED) is 0.865. The zero-order valence-electron chi connectivity index (χ0n) is 11.9. The Morgan fingerprint density at radius 3 is 2.62 bits per heavy atom. The van der Waals surface area contributed by atoms with E-state index in [0.29, 0.717) is 18.0 Å². The third-order valence-corrected chi connectivity index (χ3v) is 2.97. The van der Waals surface area contributed by atoms with E-state index in [4.69, 9.17) is 4.74 Å². The summed E-state index contributed by atoms with van der Waals surface area (Å²) in [4.78, 5) is 0. The number of nitrogens with one attached hydrogen (secondary N) is 1. The number of anilines is 1. The molecule has 0 radical (unpaired) electrons. The summed E-state index contributed by atoms with van der Waals surface area (Å²) in [5, 5.41) is 3.10. The van der Waals surface area contributed by atoms with Crippen LogP contribution in [-0.4, -0.2) is 13.7 Å². The predicted molar refractivity (Wildman–Crippen MR) is 78.1 cm³/mol. The first-order chi connectivity index (χ1) is 10.1. The highest BCUT2D eigenvalue weighted by atomic mass is 19.3. The molecule has 0 heterocycles. The van der Waals surface area contributed by atoms with Crippen molar-refractivity contribution in [2.45, 2.75) is 20.1 Å². The average Bonchev–Trinajstić information content (AvgIpc) is 2.46. The van der Waals surface area contributed by atoms with Crippen molar-refractivity contribution in [3.63, 3.8) is 0 Å². The Hall–Kier alpha value is -2.30. The molecule has 0 fully saturated rings. The second-order valence-electron chi connectivity index (χ2n) is 4.58. The molecule has 21 heavy (non-hydrogen) atoms. The molecule has 0 unspecified atom stereocenters. The van der Waals surface area contributed by atoms with Gasteiger partial charge in [0.25, 0.3) is 0 Å². The third kappa shape index (κ3) is 4.34. The fourth-order valence-electron chi connectivity index (χ4n) is 1.99. The highest BCUT2D eigenvalue weighted by Crippen LogP contribution is 2.30. The van der Waals surface area contributed by atoms with Crippen LogP contribution in [0.3, 0.4) is 0 Å². The van der Waals surface area contributed by atoms with E-state index in [1.165, 1.54) is 13.2 Å². The van der Waals surface area contributed by atoms with E-state index in [1.54, 1.807) is 12.1 Å². The lowest BCUT2D eigenvalue weighted by atomic mass is 10.1. The molecule has 0 atom stereocenters. The Labute approximate surface area is 122 Å². The van der Waals surface area contributed by atoms with E-state index in [1.807, 2.05) is 31.2 Å². The van der Waals surface area contributed by atoms with Crippen LogP contribution in [0.15, 0.2) is 42.5 Å². The molecule has 0 aliphatic carbocycles. The lowest BCUT2D eigenvalue weighted by Gasteiger charge is -2.14. The van der Waals surface area contributed by atoms with Gasteiger partial charge in [-0.2, -0.15) is 8.78 Å².